The van der Waals surface area contributed by atoms with Crippen LogP contribution in [0.3, 0.4) is 0 Å². The van der Waals surface area contributed by atoms with Crippen LogP contribution < -0.4 is 0 Å². The lowest BCUT2D eigenvalue weighted by atomic mass is 9.84. The average molecular weight is 176 g/mol. The van der Waals surface area contributed by atoms with Gasteiger partial charge in [-0.25, -0.2) is 0 Å². The maximum Gasteiger partial charge on any atom is -0.0443 e. The third-order valence-electron chi connectivity index (χ3n) is 2.30. The summed E-state index contributed by atoms with van der Waals surface area (Å²) in [6.07, 6.45) is 5.89. The minimum Gasteiger partial charge on any atom is -0.197 e. The Morgan fingerprint density at radius 3 is 1.09 bits per heavy atom. The first-order chi connectivity index (χ1) is 4.79. The second-order valence-electron chi connectivity index (χ2n) is 3.37. The fourth-order valence-corrected chi connectivity index (χ4v) is 1.43. The van der Waals surface area contributed by atoms with Gasteiger partial charge in [-0.1, -0.05) is 53.4 Å². The molecule has 0 heterocycles. The van der Waals surface area contributed by atoms with E-state index in [1.54, 1.807) is 0 Å². The van der Waals surface area contributed by atoms with Crippen LogP contribution in [0.25, 0.3) is 0 Å². The Hall–Kier alpha value is 0.350. The molecule has 1 fully saturated rings. The Kier molecular flexibility index (Phi) is 10.7. The van der Waals surface area contributed by atoms with Crippen LogP contribution in [0.5, 0.6) is 0 Å². The summed E-state index contributed by atoms with van der Waals surface area (Å²) in [6.45, 7) is 8.73. The second-order valence-corrected chi connectivity index (χ2v) is 3.37. The highest BCUT2D eigenvalue weighted by atomic mass is 32.1. The molecule has 0 N–H and O–H groups in total. The van der Waals surface area contributed by atoms with E-state index in [0.717, 1.165) is 11.8 Å². The maximum atomic E-state index is 2.37. The van der Waals surface area contributed by atoms with Crippen LogP contribution in [0.4, 0.5) is 0 Å². The van der Waals surface area contributed by atoms with Crippen LogP contribution in [-0.4, -0.2) is 0 Å². The molecule has 0 nitrogen and oxygen atoms in total. The van der Waals surface area contributed by atoms with E-state index in [-0.39, 0.29) is 13.5 Å². The van der Waals surface area contributed by atoms with E-state index < -0.39 is 0 Å². The van der Waals surface area contributed by atoms with Crippen LogP contribution in [0.2, 0.25) is 0 Å². The molecule has 1 heteroatoms. The van der Waals surface area contributed by atoms with Gasteiger partial charge in [0.25, 0.3) is 0 Å². The van der Waals surface area contributed by atoms with Crippen molar-refractivity contribution >= 4 is 13.5 Å². The summed E-state index contributed by atoms with van der Waals surface area (Å²) in [5.74, 6) is 2.04. The molecular formula is C10H24S. The predicted molar refractivity (Wildman–Crippen MR) is 58.5 cm³/mol. The molecular weight excluding hydrogens is 152 g/mol. The first kappa shape index (κ1) is 13.9. The quantitative estimate of drug-likeness (QED) is 0.524. The van der Waals surface area contributed by atoms with Crippen LogP contribution in [0, 0.1) is 11.8 Å². The Bertz CT molecular complexity index is 53.3. The van der Waals surface area contributed by atoms with Gasteiger partial charge >= 0.3 is 0 Å². The summed E-state index contributed by atoms with van der Waals surface area (Å²) in [4.78, 5) is 0. The van der Waals surface area contributed by atoms with Gasteiger partial charge in [0.05, 0.1) is 0 Å². The van der Waals surface area contributed by atoms with Crippen molar-refractivity contribution in [2.45, 2.75) is 53.4 Å². The summed E-state index contributed by atoms with van der Waals surface area (Å²) in [7, 11) is 0. The molecule has 0 aromatic rings. The molecule has 0 unspecified atom stereocenters. The van der Waals surface area contributed by atoms with E-state index in [1.165, 1.54) is 25.7 Å². The Morgan fingerprint density at radius 2 is 0.909 bits per heavy atom. The summed E-state index contributed by atoms with van der Waals surface area (Å²) in [5.41, 5.74) is 0. The zero-order valence-corrected chi connectivity index (χ0v) is 9.48. The fourth-order valence-electron chi connectivity index (χ4n) is 1.43. The molecule has 1 rings (SSSR count). The van der Waals surface area contributed by atoms with Crippen molar-refractivity contribution < 1.29 is 0 Å². The first-order valence-corrected chi connectivity index (χ1v) is 4.79. The van der Waals surface area contributed by atoms with E-state index in [2.05, 4.69) is 13.8 Å². The van der Waals surface area contributed by atoms with Crippen molar-refractivity contribution in [3.63, 3.8) is 0 Å². The first-order valence-electron chi connectivity index (χ1n) is 4.79. The Labute approximate surface area is 79.2 Å². The van der Waals surface area contributed by atoms with Gasteiger partial charge in [0.15, 0.2) is 0 Å². The molecule has 1 aliphatic rings. The van der Waals surface area contributed by atoms with Crippen molar-refractivity contribution in [1.82, 2.24) is 0 Å². The smallest absolute Gasteiger partial charge is 0.0443 e. The lowest BCUT2D eigenvalue weighted by Crippen LogP contribution is -2.08. The molecule has 70 valence electrons. The average Bonchev–Trinajstić information content (AvgIpc) is 2.00. The van der Waals surface area contributed by atoms with Gasteiger partial charge in [-0.15, -0.1) is 0 Å². The van der Waals surface area contributed by atoms with Gasteiger partial charge in [-0.3, -0.25) is 0 Å². The molecule has 0 aromatic carbocycles. The van der Waals surface area contributed by atoms with Gasteiger partial charge in [-0.2, -0.15) is 13.5 Å². The molecule has 0 bridgehead atoms. The van der Waals surface area contributed by atoms with Crippen LogP contribution >= 0.6 is 13.5 Å². The van der Waals surface area contributed by atoms with Gasteiger partial charge < -0.3 is 0 Å². The highest BCUT2D eigenvalue weighted by Gasteiger charge is 2.13. The third-order valence-corrected chi connectivity index (χ3v) is 2.30. The number of hydrogen-bond donors (Lipinski definition) is 0. The molecule has 0 radical (unpaired) electrons. The van der Waals surface area contributed by atoms with Gasteiger partial charge in [-0.05, 0) is 11.8 Å². The maximum absolute atomic E-state index is 2.37. The second kappa shape index (κ2) is 8.45. The van der Waals surface area contributed by atoms with E-state index in [9.17, 15) is 0 Å². The minimum atomic E-state index is 0. The lowest BCUT2D eigenvalue weighted by Gasteiger charge is -2.22. The van der Waals surface area contributed by atoms with E-state index >= 15 is 0 Å². The zero-order chi connectivity index (χ0) is 7.98. The number of hydrogen-bond acceptors (Lipinski definition) is 0. The summed E-state index contributed by atoms with van der Waals surface area (Å²) < 4.78 is 0. The van der Waals surface area contributed by atoms with Gasteiger partial charge in [0.1, 0.15) is 0 Å². The molecule has 0 aromatic heterocycles. The molecule has 0 saturated heterocycles. The summed E-state index contributed by atoms with van der Waals surface area (Å²) in [6, 6.07) is 0. The van der Waals surface area contributed by atoms with E-state index in [0.29, 0.717) is 0 Å². The van der Waals surface area contributed by atoms with Gasteiger partial charge in [0, 0.05) is 0 Å². The lowest BCUT2D eigenvalue weighted by molar-refractivity contribution is 0.308. The van der Waals surface area contributed by atoms with Crippen molar-refractivity contribution in [2.24, 2.45) is 11.8 Å². The zero-order valence-electron chi connectivity index (χ0n) is 8.48. The highest BCUT2D eigenvalue weighted by Crippen LogP contribution is 2.27. The molecule has 0 atom stereocenters. The minimum absolute atomic E-state index is 0. The van der Waals surface area contributed by atoms with Crippen LogP contribution in [0.15, 0.2) is 0 Å². The van der Waals surface area contributed by atoms with Crippen molar-refractivity contribution in [3.8, 4) is 0 Å². The third kappa shape index (κ3) is 6.74. The van der Waals surface area contributed by atoms with Crippen molar-refractivity contribution in [3.05, 3.63) is 0 Å². The topological polar surface area (TPSA) is 0 Å². The molecule has 1 saturated carbocycles. The van der Waals surface area contributed by atoms with E-state index in [4.69, 9.17) is 0 Å². The highest BCUT2D eigenvalue weighted by molar-refractivity contribution is 7.59. The van der Waals surface area contributed by atoms with Gasteiger partial charge in [0.2, 0.25) is 0 Å². The SMILES string of the molecule is CC.CC1CCC(C)CC1.S. The predicted octanol–water partition coefficient (Wildman–Crippen LogP) is 3.97. The standard InChI is InChI=1S/C8H16.C2H6.H2S/c1-7-3-5-8(2)6-4-7;1-2;/h7-8H,3-6H2,1-2H3;1-2H3;1H2. The molecule has 0 spiro atoms. The molecule has 0 amide bonds. The summed E-state index contributed by atoms with van der Waals surface area (Å²) in [5, 5.41) is 0. The number of rotatable bonds is 0. The largest absolute Gasteiger partial charge is 0.197 e. The van der Waals surface area contributed by atoms with Crippen molar-refractivity contribution in [2.75, 3.05) is 0 Å². The Balaban J connectivity index is 0. The normalized spacial score (nSPS) is 29.5. The van der Waals surface area contributed by atoms with Crippen molar-refractivity contribution in [1.29, 1.82) is 0 Å². The van der Waals surface area contributed by atoms with Crippen LogP contribution in [-0.2, 0) is 0 Å². The van der Waals surface area contributed by atoms with E-state index in [1.807, 2.05) is 13.8 Å². The summed E-state index contributed by atoms with van der Waals surface area (Å²) >= 11 is 0. The molecule has 0 aliphatic heterocycles. The van der Waals surface area contributed by atoms with Crippen LogP contribution in [0.1, 0.15) is 53.4 Å². The fraction of sp³-hybridized carbons (Fsp3) is 1.00. The molecule has 11 heavy (non-hydrogen) atoms. The Morgan fingerprint density at radius 1 is 0.727 bits per heavy atom. The molecule has 1 aliphatic carbocycles. The monoisotopic (exact) mass is 176 g/mol.